The molecule has 0 fully saturated rings. The second kappa shape index (κ2) is 6.44. The maximum absolute atomic E-state index is 11.4. The van der Waals surface area contributed by atoms with Crippen LogP contribution < -0.4 is 0 Å². The molecule has 1 aromatic rings. The number of aromatic nitrogens is 3. The van der Waals surface area contributed by atoms with Crippen LogP contribution in [0.25, 0.3) is 0 Å². The van der Waals surface area contributed by atoms with Gasteiger partial charge >= 0.3 is 5.97 Å². The zero-order valence-electron chi connectivity index (χ0n) is 11.1. The average Bonchev–Trinajstić information content (AvgIpc) is 2.63. The lowest BCUT2D eigenvalue weighted by Gasteiger charge is -2.15. The van der Waals surface area contributed by atoms with Gasteiger partial charge in [-0.3, -0.25) is 0 Å². The van der Waals surface area contributed by atoms with Crippen molar-refractivity contribution in [2.24, 2.45) is 0 Å². The van der Waals surface area contributed by atoms with Gasteiger partial charge in [-0.15, -0.1) is 5.10 Å². The molecule has 0 unspecified atom stereocenters. The average molecular weight is 336 g/mol. The summed E-state index contributed by atoms with van der Waals surface area (Å²) in [5.41, 5.74) is 0. The molecular formula is C10H18BrN3O3Si. The Balaban J connectivity index is 2.54. The number of nitrogens with zero attached hydrogens (tertiary/aromatic N) is 3. The summed E-state index contributed by atoms with van der Waals surface area (Å²) in [4.78, 5) is 15.4. The number of ether oxygens (including phenoxy) is 2. The van der Waals surface area contributed by atoms with Gasteiger partial charge < -0.3 is 9.47 Å². The first-order valence-electron chi connectivity index (χ1n) is 5.60. The van der Waals surface area contributed by atoms with Crippen LogP contribution in [0, 0.1) is 0 Å². The Morgan fingerprint density at radius 1 is 1.44 bits per heavy atom. The number of hydrogen-bond acceptors (Lipinski definition) is 5. The third-order valence-electron chi connectivity index (χ3n) is 2.22. The number of carbonyl (C=O) groups excluding carboxylic acids is 1. The Kier molecular flexibility index (Phi) is 5.48. The van der Waals surface area contributed by atoms with Crippen molar-refractivity contribution in [1.82, 2.24) is 14.8 Å². The van der Waals surface area contributed by atoms with Gasteiger partial charge in [0.05, 0.1) is 7.11 Å². The van der Waals surface area contributed by atoms with Crippen molar-refractivity contribution in [1.29, 1.82) is 0 Å². The van der Waals surface area contributed by atoms with E-state index in [1.807, 2.05) is 0 Å². The van der Waals surface area contributed by atoms with Gasteiger partial charge in [0.15, 0.2) is 0 Å². The fourth-order valence-corrected chi connectivity index (χ4v) is 2.29. The summed E-state index contributed by atoms with van der Waals surface area (Å²) in [7, 11) is 0.203. The highest BCUT2D eigenvalue weighted by molar-refractivity contribution is 9.10. The zero-order valence-corrected chi connectivity index (χ0v) is 13.7. The van der Waals surface area contributed by atoms with Crippen molar-refractivity contribution in [3.8, 4) is 0 Å². The second-order valence-corrected chi connectivity index (χ2v) is 11.4. The van der Waals surface area contributed by atoms with Gasteiger partial charge in [-0.25, -0.2) is 9.48 Å². The monoisotopic (exact) mass is 335 g/mol. The number of methoxy groups -OCH3 is 1. The Labute approximate surface area is 116 Å². The summed E-state index contributed by atoms with van der Waals surface area (Å²) in [5.74, 6) is -0.389. The Morgan fingerprint density at radius 2 is 2.11 bits per heavy atom. The van der Waals surface area contributed by atoms with E-state index in [1.54, 1.807) is 0 Å². The molecule has 0 N–H and O–H groups in total. The van der Waals surface area contributed by atoms with E-state index in [1.165, 1.54) is 11.8 Å². The summed E-state index contributed by atoms with van der Waals surface area (Å²) in [6, 6.07) is 1.07. The third-order valence-corrected chi connectivity index (χ3v) is 4.26. The van der Waals surface area contributed by atoms with Crippen LogP contribution in [0.1, 0.15) is 10.6 Å². The Hall–Kier alpha value is -0.733. The van der Waals surface area contributed by atoms with Crippen molar-refractivity contribution >= 4 is 30.0 Å². The standard InChI is InChI=1S/C10H18BrN3O3Si/c1-16-9(15)8-12-10(11)13-14(8)7-17-5-6-18(2,3)4/h5-7H2,1-4H3. The predicted octanol–water partition coefficient (Wildman–Crippen LogP) is 2.14. The van der Waals surface area contributed by atoms with E-state index in [-0.39, 0.29) is 12.6 Å². The molecule has 0 aliphatic rings. The molecule has 0 aliphatic carbocycles. The number of carbonyl (C=O) groups is 1. The molecular weight excluding hydrogens is 318 g/mol. The molecule has 0 aliphatic heterocycles. The topological polar surface area (TPSA) is 66.2 Å². The number of esters is 1. The molecule has 0 aromatic carbocycles. The molecule has 1 rings (SSSR count). The molecule has 1 aromatic heterocycles. The SMILES string of the molecule is COC(=O)c1nc(Br)nn1COCC[Si](C)(C)C. The summed E-state index contributed by atoms with van der Waals surface area (Å²) >= 11 is 3.12. The van der Waals surface area contributed by atoms with Crippen LogP contribution in [0.5, 0.6) is 0 Å². The lowest BCUT2D eigenvalue weighted by Crippen LogP contribution is -2.22. The van der Waals surface area contributed by atoms with Crippen molar-refractivity contribution in [3.63, 3.8) is 0 Å². The van der Waals surface area contributed by atoms with E-state index < -0.39 is 14.0 Å². The summed E-state index contributed by atoms with van der Waals surface area (Å²) in [6.07, 6.45) is 0. The molecule has 18 heavy (non-hydrogen) atoms. The highest BCUT2D eigenvalue weighted by Gasteiger charge is 2.17. The molecule has 0 saturated carbocycles. The van der Waals surface area contributed by atoms with Crippen LogP contribution in [0.2, 0.25) is 25.7 Å². The maximum Gasteiger partial charge on any atom is 0.375 e. The molecule has 8 heteroatoms. The van der Waals surface area contributed by atoms with Gasteiger partial charge in [0.25, 0.3) is 0 Å². The number of halogens is 1. The Morgan fingerprint density at radius 3 is 2.67 bits per heavy atom. The molecule has 0 amide bonds. The van der Waals surface area contributed by atoms with Crippen molar-refractivity contribution < 1.29 is 14.3 Å². The predicted molar refractivity (Wildman–Crippen MR) is 73.2 cm³/mol. The normalized spacial score (nSPS) is 11.6. The van der Waals surface area contributed by atoms with Crippen molar-refractivity contribution in [3.05, 3.63) is 10.6 Å². The largest absolute Gasteiger partial charge is 0.463 e. The maximum atomic E-state index is 11.4. The first-order valence-corrected chi connectivity index (χ1v) is 10.1. The minimum Gasteiger partial charge on any atom is -0.463 e. The van der Waals surface area contributed by atoms with Crippen LogP contribution in [-0.2, 0) is 16.2 Å². The highest BCUT2D eigenvalue weighted by Crippen LogP contribution is 2.09. The lowest BCUT2D eigenvalue weighted by molar-refractivity contribution is 0.0508. The fraction of sp³-hybridized carbons (Fsp3) is 0.700. The molecule has 1 heterocycles. The molecule has 0 saturated heterocycles. The van der Waals surface area contributed by atoms with Crippen LogP contribution >= 0.6 is 15.9 Å². The molecule has 0 atom stereocenters. The number of hydrogen-bond donors (Lipinski definition) is 0. The molecule has 102 valence electrons. The summed E-state index contributed by atoms with van der Waals surface area (Å²) < 4.78 is 11.9. The first kappa shape index (κ1) is 15.3. The van der Waals surface area contributed by atoms with Gasteiger partial charge in [-0.1, -0.05) is 19.6 Å². The fourth-order valence-electron chi connectivity index (χ4n) is 1.18. The van der Waals surface area contributed by atoms with Gasteiger partial charge in [-0.2, -0.15) is 4.98 Å². The van der Waals surface area contributed by atoms with Crippen LogP contribution in [0.4, 0.5) is 0 Å². The first-order chi connectivity index (χ1) is 8.33. The number of rotatable bonds is 6. The third kappa shape index (κ3) is 4.87. The summed E-state index contributed by atoms with van der Waals surface area (Å²) in [6.45, 7) is 7.70. The minimum absolute atomic E-state index is 0.136. The van der Waals surface area contributed by atoms with Crippen LogP contribution in [0.15, 0.2) is 4.73 Å². The highest BCUT2D eigenvalue weighted by atomic mass is 79.9. The smallest absolute Gasteiger partial charge is 0.375 e. The van der Waals surface area contributed by atoms with Gasteiger partial charge in [-0.05, 0) is 22.0 Å². The van der Waals surface area contributed by atoms with E-state index in [9.17, 15) is 4.79 Å². The quantitative estimate of drug-likeness (QED) is 0.452. The lowest BCUT2D eigenvalue weighted by atomic mass is 10.6. The van der Waals surface area contributed by atoms with Crippen molar-refractivity contribution in [2.75, 3.05) is 13.7 Å². The van der Waals surface area contributed by atoms with Gasteiger partial charge in [0, 0.05) is 14.7 Å². The van der Waals surface area contributed by atoms with E-state index in [0.717, 1.165) is 6.04 Å². The van der Waals surface area contributed by atoms with Crippen LogP contribution in [-0.4, -0.2) is 42.5 Å². The van der Waals surface area contributed by atoms with E-state index in [2.05, 4.69) is 50.4 Å². The molecule has 6 nitrogen and oxygen atoms in total. The molecule has 0 bridgehead atoms. The van der Waals surface area contributed by atoms with E-state index in [0.29, 0.717) is 11.3 Å². The Bertz CT molecular complexity index is 417. The second-order valence-electron chi connectivity index (χ2n) is 5.04. The van der Waals surface area contributed by atoms with E-state index in [4.69, 9.17) is 4.74 Å². The minimum atomic E-state index is -1.10. The van der Waals surface area contributed by atoms with E-state index >= 15 is 0 Å². The van der Waals surface area contributed by atoms with Gasteiger partial charge in [0.1, 0.15) is 6.73 Å². The molecule has 0 radical (unpaired) electrons. The van der Waals surface area contributed by atoms with Gasteiger partial charge in [0.2, 0.25) is 10.6 Å². The zero-order chi connectivity index (χ0) is 13.8. The van der Waals surface area contributed by atoms with Crippen LogP contribution in [0.3, 0.4) is 0 Å². The summed E-state index contributed by atoms with van der Waals surface area (Å²) in [5, 5.41) is 4.02. The van der Waals surface area contributed by atoms with Crippen molar-refractivity contribution in [2.45, 2.75) is 32.4 Å². The molecule has 0 spiro atoms.